The second-order valence-electron chi connectivity index (χ2n) is 5.41. The molecule has 0 saturated carbocycles. The van der Waals surface area contributed by atoms with E-state index in [1.807, 2.05) is 0 Å². The van der Waals surface area contributed by atoms with Crippen LogP contribution in [-0.2, 0) is 10.1 Å². The highest BCUT2D eigenvalue weighted by Crippen LogP contribution is 2.37. The van der Waals surface area contributed by atoms with E-state index in [1.54, 1.807) is 60.7 Å². The van der Waals surface area contributed by atoms with Gasteiger partial charge in [0.05, 0.1) is 5.56 Å². The molecule has 0 spiro atoms. The maximum atomic E-state index is 12.1. The summed E-state index contributed by atoms with van der Waals surface area (Å²) in [6.45, 7) is 0. The Balaban J connectivity index is 2.45. The molecular weight excluding hydrogens is 340 g/mol. The maximum absolute atomic E-state index is 12.1. The van der Waals surface area contributed by atoms with Crippen molar-refractivity contribution in [2.45, 2.75) is 4.90 Å². The number of carboxylic acid groups (broad SMARTS) is 1. The van der Waals surface area contributed by atoms with Crippen LogP contribution in [0, 0.1) is 0 Å². The van der Waals surface area contributed by atoms with Gasteiger partial charge in [0.2, 0.25) is 0 Å². The van der Waals surface area contributed by atoms with Crippen LogP contribution in [0.25, 0.3) is 22.3 Å². The lowest BCUT2D eigenvalue weighted by atomic mass is 9.96. The molecule has 0 aliphatic carbocycles. The van der Waals surface area contributed by atoms with Crippen molar-refractivity contribution in [1.29, 1.82) is 0 Å². The normalized spacial score (nSPS) is 11.2. The van der Waals surface area contributed by atoms with E-state index in [1.165, 1.54) is 12.1 Å². The van der Waals surface area contributed by atoms with Gasteiger partial charge in [-0.2, -0.15) is 8.42 Å². The number of hydrogen-bond donors (Lipinski definition) is 2. The van der Waals surface area contributed by atoms with Gasteiger partial charge in [0, 0.05) is 11.1 Å². The standard InChI is InChI=1S/C19H14O5S/c20-19(21)15-11-16(13-7-3-1-4-8-13)18(25(22,23)24)17(12-15)14-9-5-2-6-10-14/h1-12H,(H,20,21)(H,22,23,24). The summed E-state index contributed by atoms with van der Waals surface area (Å²) >= 11 is 0. The molecule has 25 heavy (non-hydrogen) atoms. The van der Waals surface area contributed by atoms with Gasteiger partial charge < -0.3 is 5.11 Å². The fourth-order valence-corrected chi connectivity index (χ4v) is 3.60. The van der Waals surface area contributed by atoms with Gasteiger partial charge in [-0.1, -0.05) is 60.7 Å². The van der Waals surface area contributed by atoms with E-state index in [-0.39, 0.29) is 21.6 Å². The molecule has 0 amide bonds. The Labute approximate surface area is 144 Å². The number of hydrogen-bond acceptors (Lipinski definition) is 3. The molecule has 3 aromatic carbocycles. The lowest BCUT2D eigenvalue weighted by Gasteiger charge is -2.15. The van der Waals surface area contributed by atoms with Gasteiger partial charge in [0.25, 0.3) is 10.1 Å². The molecule has 0 aromatic heterocycles. The molecule has 3 aromatic rings. The Kier molecular flexibility index (Phi) is 4.39. The molecule has 0 bridgehead atoms. The summed E-state index contributed by atoms with van der Waals surface area (Å²) in [5.74, 6) is -1.18. The van der Waals surface area contributed by atoms with E-state index in [0.717, 1.165) is 0 Å². The molecule has 0 fully saturated rings. The van der Waals surface area contributed by atoms with E-state index < -0.39 is 16.1 Å². The average Bonchev–Trinajstić information content (AvgIpc) is 2.61. The smallest absolute Gasteiger partial charge is 0.335 e. The van der Waals surface area contributed by atoms with Crippen molar-refractivity contribution < 1.29 is 22.9 Å². The van der Waals surface area contributed by atoms with Crippen molar-refractivity contribution in [3.63, 3.8) is 0 Å². The monoisotopic (exact) mass is 354 g/mol. The third kappa shape index (κ3) is 3.45. The lowest BCUT2D eigenvalue weighted by molar-refractivity contribution is 0.0697. The summed E-state index contributed by atoms with van der Waals surface area (Å²) in [6, 6.07) is 19.5. The van der Waals surface area contributed by atoms with Crippen LogP contribution in [0.4, 0.5) is 0 Å². The molecule has 6 heteroatoms. The van der Waals surface area contributed by atoms with Crippen molar-refractivity contribution in [2.75, 3.05) is 0 Å². The van der Waals surface area contributed by atoms with Crippen LogP contribution >= 0.6 is 0 Å². The van der Waals surface area contributed by atoms with Crippen LogP contribution in [0.3, 0.4) is 0 Å². The van der Waals surface area contributed by atoms with Crippen molar-refractivity contribution in [3.05, 3.63) is 78.4 Å². The van der Waals surface area contributed by atoms with Gasteiger partial charge >= 0.3 is 5.97 Å². The van der Waals surface area contributed by atoms with Gasteiger partial charge in [0.1, 0.15) is 4.90 Å². The zero-order valence-electron chi connectivity index (χ0n) is 13.0. The molecular formula is C19H14O5S. The molecule has 0 saturated heterocycles. The zero-order chi connectivity index (χ0) is 18.0. The molecule has 5 nitrogen and oxygen atoms in total. The van der Waals surface area contributed by atoms with Gasteiger partial charge in [-0.15, -0.1) is 0 Å². The van der Waals surface area contributed by atoms with Crippen LogP contribution < -0.4 is 0 Å². The molecule has 0 heterocycles. The summed E-state index contributed by atoms with van der Waals surface area (Å²) in [5.41, 5.74) is 1.21. The van der Waals surface area contributed by atoms with Gasteiger partial charge in [-0.3, -0.25) is 4.55 Å². The molecule has 0 aliphatic rings. The second-order valence-corrected chi connectivity index (χ2v) is 6.77. The number of rotatable bonds is 4. The Hall–Kier alpha value is -2.96. The van der Waals surface area contributed by atoms with Crippen LogP contribution in [-0.4, -0.2) is 24.0 Å². The van der Waals surface area contributed by atoms with Crippen LogP contribution in [0.2, 0.25) is 0 Å². The van der Waals surface area contributed by atoms with Crippen LogP contribution in [0.15, 0.2) is 77.7 Å². The molecule has 0 atom stereocenters. The van der Waals surface area contributed by atoms with E-state index in [0.29, 0.717) is 11.1 Å². The molecule has 126 valence electrons. The molecule has 0 radical (unpaired) electrons. The molecule has 0 unspecified atom stereocenters. The minimum atomic E-state index is -4.60. The first kappa shape index (κ1) is 16.9. The SMILES string of the molecule is O=C(O)c1cc(-c2ccccc2)c(S(=O)(=O)O)c(-c2ccccc2)c1. The third-order valence-electron chi connectivity index (χ3n) is 3.76. The number of carbonyl (C=O) groups is 1. The Bertz CT molecular complexity index is 965. The minimum absolute atomic E-state index is 0.0647. The van der Waals surface area contributed by atoms with Crippen molar-refractivity contribution >= 4 is 16.1 Å². The number of aromatic carboxylic acids is 1. The van der Waals surface area contributed by atoms with Crippen molar-refractivity contribution in [2.24, 2.45) is 0 Å². The van der Waals surface area contributed by atoms with Crippen LogP contribution in [0.1, 0.15) is 10.4 Å². The highest BCUT2D eigenvalue weighted by Gasteiger charge is 2.24. The third-order valence-corrected chi connectivity index (χ3v) is 4.72. The number of benzene rings is 3. The Morgan fingerprint density at radius 1 is 0.760 bits per heavy atom. The average molecular weight is 354 g/mol. The van der Waals surface area contributed by atoms with Gasteiger partial charge in [-0.25, -0.2) is 4.79 Å². The Morgan fingerprint density at radius 3 is 1.48 bits per heavy atom. The summed E-state index contributed by atoms with van der Waals surface area (Å²) in [5, 5.41) is 9.41. The first-order valence-corrected chi connectivity index (χ1v) is 8.81. The van der Waals surface area contributed by atoms with Crippen molar-refractivity contribution in [1.82, 2.24) is 0 Å². The zero-order valence-corrected chi connectivity index (χ0v) is 13.8. The maximum Gasteiger partial charge on any atom is 0.335 e. The van der Waals surface area contributed by atoms with Crippen molar-refractivity contribution in [3.8, 4) is 22.3 Å². The van der Waals surface area contributed by atoms with Crippen LogP contribution in [0.5, 0.6) is 0 Å². The summed E-state index contributed by atoms with van der Waals surface area (Å²) in [6.07, 6.45) is 0. The fraction of sp³-hybridized carbons (Fsp3) is 0. The molecule has 0 aliphatic heterocycles. The summed E-state index contributed by atoms with van der Waals surface area (Å²) < 4.78 is 34.0. The highest BCUT2D eigenvalue weighted by atomic mass is 32.2. The second kappa shape index (κ2) is 6.51. The predicted octanol–water partition coefficient (Wildman–Crippen LogP) is 3.97. The minimum Gasteiger partial charge on any atom is -0.478 e. The van der Waals surface area contributed by atoms with E-state index in [9.17, 15) is 22.9 Å². The lowest BCUT2D eigenvalue weighted by Crippen LogP contribution is -2.07. The van der Waals surface area contributed by atoms with E-state index in [2.05, 4.69) is 0 Å². The van der Waals surface area contributed by atoms with Gasteiger partial charge in [0.15, 0.2) is 0 Å². The van der Waals surface area contributed by atoms with Gasteiger partial charge in [-0.05, 0) is 23.3 Å². The molecule has 2 N–H and O–H groups in total. The van der Waals surface area contributed by atoms with E-state index in [4.69, 9.17) is 0 Å². The summed E-state index contributed by atoms with van der Waals surface area (Å²) in [4.78, 5) is 11.2. The first-order valence-electron chi connectivity index (χ1n) is 7.37. The quantitative estimate of drug-likeness (QED) is 0.692. The number of carboxylic acids is 1. The topological polar surface area (TPSA) is 91.7 Å². The highest BCUT2D eigenvalue weighted by molar-refractivity contribution is 7.86. The molecule has 3 rings (SSSR count). The van der Waals surface area contributed by atoms with E-state index >= 15 is 0 Å². The predicted molar refractivity (Wildman–Crippen MR) is 94.1 cm³/mol. The first-order chi connectivity index (χ1) is 11.9. The Morgan fingerprint density at radius 2 is 1.16 bits per heavy atom. The summed E-state index contributed by atoms with van der Waals surface area (Å²) in [7, 11) is -4.60. The largest absolute Gasteiger partial charge is 0.478 e. The fourth-order valence-electron chi connectivity index (χ4n) is 2.69.